The first kappa shape index (κ1) is 13.2. The highest BCUT2D eigenvalue weighted by atomic mass is 32.1. The molecule has 0 aliphatic heterocycles. The molecule has 1 aromatic rings. The van der Waals surface area contributed by atoms with Gasteiger partial charge in [-0.05, 0) is 44.4 Å². The van der Waals surface area contributed by atoms with E-state index in [-0.39, 0.29) is 5.97 Å². The first-order chi connectivity index (χ1) is 7.56. The molecular formula is C12H19NO2S. The molecule has 4 heteroatoms. The van der Waals surface area contributed by atoms with Crippen molar-refractivity contribution in [2.75, 3.05) is 21.2 Å². The molecule has 1 atom stereocenters. The van der Waals surface area contributed by atoms with E-state index in [0.29, 0.717) is 12.5 Å². The Morgan fingerprint density at radius 3 is 2.69 bits per heavy atom. The molecule has 3 nitrogen and oxygen atoms in total. The van der Waals surface area contributed by atoms with Crippen LogP contribution in [0.5, 0.6) is 0 Å². The molecule has 0 amide bonds. The summed E-state index contributed by atoms with van der Waals surface area (Å²) < 4.78 is 4.67. The van der Waals surface area contributed by atoms with E-state index in [1.54, 1.807) is 11.3 Å². The largest absolute Gasteiger partial charge is 0.469 e. The number of aryl methyl sites for hydroxylation is 1. The van der Waals surface area contributed by atoms with Gasteiger partial charge in [0, 0.05) is 17.3 Å². The molecule has 1 rings (SSSR count). The van der Waals surface area contributed by atoms with Crippen LogP contribution in [0, 0.1) is 6.92 Å². The Hall–Kier alpha value is -0.870. The lowest BCUT2D eigenvalue weighted by Gasteiger charge is -2.23. The number of esters is 1. The summed E-state index contributed by atoms with van der Waals surface area (Å²) in [6, 6.07) is 2.42. The van der Waals surface area contributed by atoms with Crippen LogP contribution in [0.1, 0.15) is 29.3 Å². The molecule has 1 aromatic heterocycles. The van der Waals surface area contributed by atoms with E-state index in [1.165, 1.54) is 17.6 Å². The number of hydrogen-bond donors (Lipinski definition) is 0. The molecule has 0 saturated heterocycles. The Bertz CT molecular complexity index is 347. The summed E-state index contributed by atoms with van der Waals surface area (Å²) in [6.07, 6.45) is 1.28. The van der Waals surface area contributed by atoms with Gasteiger partial charge in [0.25, 0.3) is 0 Å². The van der Waals surface area contributed by atoms with E-state index >= 15 is 0 Å². The molecular weight excluding hydrogens is 222 g/mol. The highest BCUT2D eigenvalue weighted by Crippen LogP contribution is 2.30. The first-order valence-electron chi connectivity index (χ1n) is 5.33. The van der Waals surface area contributed by atoms with Crippen molar-refractivity contribution in [3.63, 3.8) is 0 Å². The fourth-order valence-electron chi connectivity index (χ4n) is 1.71. The Labute approximate surface area is 101 Å². The summed E-state index contributed by atoms with van der Waals surface area (Å²) in [5.74, 6) is -0.138. The molecule has 0 N–H and O–H groups in total. The number of thiophene rings is 1. The summed E-state index contributed by atoms with van der Waals surface area (Å²) in [5.41, 5.74) is 1.30. The van der Waals surface area contributed by atoms with Gasteiger partial charge in [0.2, 0.25) is 0 Å². The fraction of sp³-hybridized carbons (Fsp3) is 0.583. The minimum atomic E-state index is -0.138. The van der Waals surface area contributed by atoms with E-state index in [9.17, 15) is 4.79 Å². The second-order valence-electron chi connectivity index (χ2n) is 4.06. The maximum Gasteiger partial charge on any atom is 0.305 e. The number of rotatable bonds is 5. The lowest BCUT2D eigenvalue weighted by Crippen LogP contribution is -2.20. The maximum atomic E-state index is 11.2. The van der Waals surface area contributed by atoms with Gasteiger partial charge < -0.3 is 9.64 Å². The molecule has 0 aromatic carbocycles. The van der Waals surface area contributed by atoms with E-state index in [1.807, 2.05) is 14.1 Å². The van der Waals surface area contributed by atoms with E-state index in [2.05, 4.69) is 28.0 Å². The van der Waals surface area contributed by atoms with Gasteiger partial charge in [-0.1, -0.05) is 0 Å². The number of carbonyl (C=O) groups excluding carboxylic acids is 1. The van der Waals surface area contributed by atoms with Crippen molar-refractivity contribution in [3.05, 3.63) is 21.9 Å². The highest BCUT2D eigenvalue weighted by molar-refractivity contribution is 7.10. The number of ether oxygens (including phenoxy) is 1. The van der Waals surface area contributed by atoms with Gasteiger partial charge >= 0.3 is 5.97 Å². The Kier molecular flexibility index (Phi) is 4.96. The predicted octanol–water partition coefficient (Wildman–Crippen LogP) is 2.61. The van der Waals surface area contributed by atoms with Crippen molar-refractivity contribution in [1.82, 2.24) is 4.90 Å². The SMILES string of the molecule is COC(=O)CCC(c1sccc1C)N(C)C. The molecule has 0 bridgehead atoms. The van der Waals surface area contributed by atoms with Crippen LogP contribution in [-0.4, -0.2) is 32.1 Å². The summed E-state index contributed by atoms with van der Waals surface area (Å²) in [4.78, 5) is 14.7. The summed E-state index contributed by atoms with van der Waals surface area (Å²) in [5, 5.41) is 2.10. The molecule has 0 aliphatic rings. The average molecular weight is 241 g/mol. The predicted molar refractivity (Wildman–Crippen MR) is 66.7 cm³/mol. The van der Waals surface area contributed by atoms with Crippen molar-refractivity contribution in [3.8, 4) is 0 Å². The minimum absolute atomic E-state index is 0.138. The average Bonchev–Trinajstić information content (AvgIpc) is 2.64. The molecule has 1 heterocycles. The molecule has 0 saturated carbocycles. The summed E-state index contributed by atoms with van der Waals surface area (Å²) >= 11 is 1.75. The van der Waals surface area contributed by atoms with Crippen molar-refractivity contribution < 1.29 is 9.53 Å². The number of hydrogen-bond acceptors (Lipinski definition) is 4. The van der Waals surface area contributed by atoms with Gasteiger partial charge in [-0.2, -0.15) is 0 Å². The van der Waals surface area contributed by atoms with Gasteiger partial charge in [-0.25, -0.2) is 0 Å². The monoisotopic (exact) mass is 241 g/mol. The van der Waals surface area contributed by atoms with Crippen molar-refractivity contribution in [2.24, 2.45) is 0 Å². The lowest BCUT2D eigenvalue weighted by molar-refractivity contribution is -0.141. The van der Waals surface area contributed by atoms with Crippen LogP contribution in [0.4, 0.5) is 0 Å². The summed E-state index contributed by atoms with van der Waals surface area (Å²) in [6.45, 7) is 2.11. The summed E-state index contributed by atoms with van der Waals surface area (Å²) in [7, 11) is 5.52. The molecule has 0 spiro atoms. The normalized spacial score (nSPS) is 12.8. The molecule has 0 fully saturated rings. The van der Waals surface area contributed by atoms with Crippen molar-refractivity contribution >= 4 is 17.3 Å². The van der Waals surface area contributed by atoms with Crippen molar-refractivity contribution in [1.29, 1.82) is 0 Å². The molecule has 0 radical (unpaired) electrons. The lowest BCUT2D eigenvalue weighted by atomic mass is 10.1. The Balaban J connectivity index is 2.69. The molecule has 0 aliphatic carbocycles. The van der Waals surface area contributed by atoms with E-state index in [0.717, 1.165) is 6.42 Å². The molecule has 16 heavy (non-hydrogen) atoms. The van der Waals surface area contributed by atoms with Crippen LogP contribution in [0.25, 0.3) is 0 Å². The van der Waals surface area contributed by atoms with Crippen LogP contribution < -0.4 is 0 Å². The van der Waals surface area contributed by atoms with Crippen molar-refractivity contribution in [2.45, 2.75) is 25.8 Å². The van der Waals surface area contributed by atoms with Crippen LogP contribution in [0.15, 0.2) is 11.4 Å². The van der Waals surface area contributed by atoms with Crippen LogP contribution in [-0.2, 0) is 9.53 Å². The van der Waals surface area contributed by atoms with Crippen LogP contribution >= 0.6 is 11.3 Å². The number of carbonyl (C=O) groups is 1. The smallest absolute Gasteiger partial charge is 0.305 e. The van der Waals surface area contributed by atoms with Gasteiger partial charge in [-0.3, -0.25) is 4.79 Å². The zero-order chi connectivity index (χ0) is 12.1. The second-order valence-corrected chi connectivity index (χ2v) is 5.01. The maximum absolute atomic E-state index is 11.2. The molecule has 90 valence electrons. The Morgan fingerprint density at radius 1 is 1.56 bits per heavy atom. The number of nitrogens with zero attached hydrogens (tertiary/aromatic N) is 1. The third kappa shape index (κ3) is 3.32. The van der Waals surface area contributed by atoms with E-state index < -0.39 is 0 Å². The highest BCUT2D eigenvalue weighted by Gasteiger charge is 2.18. The number of methoxy groups -OCH3 is 1. The first-order valence-corrected chi connectivity index (χ1v) is 6.21. The third-order valence-electron chi connectivity index (χ3n) is 2.68. The van der Waals surface area contributed by atoms with Gasteiger partial charge in [-0.15, -0.1) is 11.3 Å². The van der Waals surface area contributed by atoms with Crippen LogP contribution in [0.2, 0.25) is 0 Å². The standard InChI is InChI=1S/C12H19NO2S/c1-9-7-8-16-12(9)10(13(2)3)5-6-11(14)15-4/h7-8,10H,5-6H2,1-4H3. The van der Waals surface area contributed by atoms with Gasteiger partial charge in [0.05, 0.1) is 7.11 Å². The quantitative estimate of drug-likeness (QED) is 0.742. The fourth-order valence-corrected chi connectivity index (χ4v) is 2.86. The third-order valence-corrected chi connectivity index (χ3v) is 3.80. The Morgan fingerprint density at radius 2 is 2.25 bits per heavy atom. The van der Waals surface area contributed by atoms with Gasteiger partial charge in [0.1, 0.15) is 0 Å². The topological polar surface area (TPSA) is 29.5 Å². The van der Waals surface area contributed by atoms with Crippen LogP contribution in [0.3, 0.4) is 0 Å². The zero-order valence-electron chi connectivity index (χ0n) is 10.3. The van der Waals surface area contributed by atoms with E-state index in [4.69, 9.17) is 0 Å². The van der Waals surface area contributed by atoms with Gasteiger partial charge in [0.15, 0.2) is 0 Å². The molecule has 1 unspecified atom stereocenters. The minimum Gasteiger partial charge on any atom is -0.469 e. The second kappa shape index (κ2) is 6.01. The zero-order valence-corrected chi connectivity index (χ0v) is 11.1.